The van der Waals surface area contributed by atoms with Gasteiger partial charge in [-0.05, 0) is 38.0 Å². The van der Waals surface area contributed by atoms with Crippen molar-refractivity contribution in [2.45, 2.75) is 25.2 Å². The van der Waals surface area contributed by atoms with Gasteiger partial charge >= 0.3 is 0 Å². The minimum Gasteiger partial charge on any atom is -0.363 e. The molecule has 0 unspecified atom stereocenters. The Morgan fingerprint density at radius 1 is 1.29 bits per heavy atom. The molecule has 24 heavy (non-hydrogen) atoms. The number of aromatic nitrogens is 4. The molecule has 8 nitrogen and oxygen atoms in total. The first-order chi connectivity index (χ1) is 11.5. The lowest BCUT2D eigenvalue weighted by atomic mass is 10.1. The number of nitrogens with zero attached hydrogens (tertiary/aromatic N) is 4. The molecule has 0 saturated carbocycles. The molecule has 1 N–H and O–H groups in total. The molecule has 0 saturated heterocycles. The highest BCUT2D eigenvalue weighted by atomic mass is 32.2. The molecule has 3 rings (SSSR count). The van der Waals surface area contributed by atoms with E-state index in [2.05, 4.69) is 24.5 Å². The Labute approximate surface area is 139 Å². The summed E-state index contributed by atoms with van der Waals surface area (Å²) in [5, 5.41) is 7.90. The maximum absolute atomic E-state index is 12.0. The van der Waals surface area contributed by atoms with Crippen molar-refractivity contribution in [3.63, 3.8) is 0 Å². The summed E-state index contributed by atoms with van der Waals surface area (Å²) in [5.41, 5.74) is 2.78. The second kappa shape index (κ2) is 6.54. The van der Waals surface area contributed by atoms with Gasteiger partial charge in [0.05, 0.1) is 11.9 Å². The van der Waals surface area contributed by atoms with Gasteiger partial charge in [0.15, 0.2) is 5.82 Å². The van der Waals surface area contributed by atoms with Crippen LogP contribution in [0.25, 0.3) is 5.82 Å². The van der Waals surface area contributed by atoms with Crippen molar-refractivity contribution in [3.8, 4) is 5.82 Å². The highest BCUT2D eigenvalue weighted by Crippen LogP contribution is 2.17. The van der Waals surface area contributed by atoms with Crippen LogP contribution in [0.3, 0.4) is 0 Å². The molecule has 0 amide bonds. The third-order valence-electron chi connectivity index (χ3n) is 3.69. The SMILES string of the molecule is Cc1nn(-c2ccccn2)c(C)c1CCNS(=O)(=O)c1cnoc1. The van der Waals surface area contributed by atoms with Crippen LogP contribution in [0.15, 0.2) is 46.3 Å². The van der Waals surface area contributed by atoms with Crippen molar-refractivity contribution >= 4 is 10.0 Å². The zero-order chi connectivity index (χ0) is 17.2. The number of hydrogen-bond donors (Lipinski definition) is 1. The van der Waals surface area contributed by atoms with E-state index in [-0.39, 0.29) is 11.4 Å². The molecule has 0 aliphatic carbocycles. The highest BCUT2D eigenvalue weighted by Gasteiger charge is 2.17. The predicted molar refractivity (Wildman–Crippen MR) is 86.2 cm³/mol. The fraction of sp³-hybridized carbons (Fsp3) is 0.267. The Hall–Kier alpha value is -2.52. The second-order valence-electron chi connectivity index (χ2n) is 5.26. The minimum atomic E-state index is -3.60. The molecule has 0 aromatic carbocycles. The zero-order valence-electron chi connectivity index (χ0n) is 13.3. The summed E-state index contributed by atoms with van der Waals surface area (Å²) in [7, 11) is -3.60. The number of nitrogens with one attached hydrogen (secondary N) is 1. The summed E-state index contributed by atoms with van der Waals surface area (Å²) in [6, 6.07) is 5.61. The number of aryl methyl sites for hydroxylation is 1. The van der Waals surface area contributed by atoms with Gasteiger partial charge in [-0.2, -0.15) is 5.10 Å². The lowest BCUT2D eigenvalue weighted by molar-refractivity contribution is 0.417. The highest BCUT2D eigenvalue weighted by molar-refractivity contribution is 7.89. The summed E-state index contributed by atoms with van der Waals surface area (Å²) in [5.74, 6) is 0.731. The van der Waals surface area contributed by atoms with Crippen LogP contribution >= 0.6 is 0 Å². The van der Waals surface area contributed by atoms with E-state index in [1.54, 1.807) is 10.9 Å². The van der Waals surface area contributed by atoms with Crippen molar-refractivity contribution in [2.75, 3.05) is 6.54 Å². The third kappa shape index (κ3) is 3.22. The van der Waals surface area contributed by atoms with Crippen molar-refractivity contribution in [3.05, 3.63) is 53.8 Å². The average molecular weight is 347 g/mol. The van der Waals surface area contributed by atoms with Gasteiger partial charge in [-0.3, -0.25) is 0 Å². The van der Waals surface area contributed by atoms with Crippen LogP contribution in [0.4, 0.5) is 0 Å². The van der Waals surface area contributed by atoms with E-state index in [1.807, 2.05) is 32.0 Å². The average Bonchev–Trinajstić information content (AvgIpc) is 3.20. The van der Waals surface area contributed by atoms with Crippen molar-refractivity contribution in [2.24, 2.45) is 0 Å². The van der Waals surface area contributed by atoms with E-state index in [9.17, 15) is 8.42 Å². The van der Waals surface area contributed by atoms with Crippen LogP contribution in [-0.4, -0.2) is 34.9 Å². The van der Waals surface area contributed by atoms with Crippen LogP contribution in [0.5, 0.6) is 0 Å². The monoisotopic (exact) mass is 347 g/mol. The molecule has 126 valence electrons. The lowest BCUT2D eigenvalue weighted by Crippen LogP contribution is -2.25. The van der Waals surface area contributed by atoms with Gasteiger partial charge < -0.3 is 4.52 Å². The molecule has 9 heteroatoms. The number of rotatable bonds is 6. The Bertz CT molecular complexity index is 918. The number of pyridine rings is 1. The molecule has 0 spiro atoms. The number of hydrogen-bond acceptors (Lipinski definition) is 6. The van der Waals surface area contributed by atoms with Gasteiger partial charge in [0.2, 0.25) is 10.0 Å². The third-order valence-corrected chi connectivity index (χ3v) is 5.10. The van der Waals surface area contributed by atoms with Crippen molar-refractivity contribution in [1.29, 1.82) is 0 Å². The van der Waals surface area contributed by atoms with Crippen LogP contribution in [0.1, 0.15) is 17.0 Å². The van der Waals surface area contributed by atoms with E-state index < -0.39 is 10.0 Å². The molecule has 0 aliphatic heterocycles. The Balaban J connectivity index is 1.74. The normalized spacial score (nSPS) is 11.8. The Morgan fingerprint density at radius 2 is 2.12 bits per heavy atom. The molecule has 0 radical (unpaired) electrons. The van der Waals surface area contributed by atoms with E-state index in [0.717, 1.165) is 35.2 Å². The first-order valence-corrected chi connectivity index (χ1v) is 8.83. The fourth-order valence-electron chi connectivity index (χ4n) is 2.46. The molecule has 3 aromatic heterocycles. The quantitative estimate of drug-likeness (QED) is 0.723. The predicted octanol–water partition coefficient (Wildman–Crippen LogP) is 1.39. The molecular formula is C15H17N5O3S. The van der Waals surface area contributed by atoms with Gasteiger partial charge in [-0.15, -0.1) is 0 Å². The maximum Gasteiger partial charge on any atom is 0.245 e. The Kier molecular flexibility index (Phi) is 4.45. The lowest BCUT2D eigenvalue weighted by Gasteiger charge is -2.06. The molecule has 0 fully saturated rings. The van der Waals surface area contributed by atoms with Crippen molar-refractivity contribution < 1.29 is 12.9 Å². The van der Waals surface area contributed by atoms with Crippen LogP contribution < -0.4 is 4.72 Å². The van der Waals surface area contributed by atoms with Gasteiger partial charge in [0.25, 0.3) is 0 Å². The summed E-state index contributed by atoms with van der Waals surface area (Å²) >= 11 is 0. The fourth-order valence-corrected chi connectivity index (χ4v) is 3.35. The molecule has 3 aromatic rings. The summed E-state index contributed by atoms with van der Waals surface area (Å²) in [6.07, 6.45) is 4.49. The molecular weight excluding hydrogens is 330 g/mol. The van der Waals surface area contributed by atoms with Crippen LogP contribution in [0.2, 0.25) is 0 Å². The smallest absolute Gasteiger partial charge is 0.245 e. The van der Waals surface area contributed by atoms with E-state index in [4.69, 9.17) is 0 Å². The standard InChI is InChI=1S/C15H17N5O3S/c1-11-14(6-8-18-24(21,22)13-9-17-23-10-13)12(2)20(19-11)15-5-3-4-7-16-15/h3-5,7,9-10,18H,6,8H2,1-2H3. The summed E-state index contributed by atoms with van der Waals surface area (Å²) < 4.78 is 32.9. The molecule has 0 bridgehead atoms. The molecule has 0 atom stereocenters. The van der Waals surface area contributed by atoms with Crippen molar-refractivity contribution in [1.82, 2.24) is 24.6 Å². The summed E-state index contributed by atoms with van der Waals surface area (Å²) in [4.78, 5) is 4.30. The molecule has 3 heterocycles. The van der Waals surface area contributed by atoms with Gasteiger partial charge in [-0.25, -0.2) is 22.8 Å². The van der Waals surface area contributed by atoms with E-state index in [0.29, 0.717) is 6.42 Å². The first-order valence-electron chi connectivity index (χ1n) is 7.34. The molecule has 0 aliphatic rings. The van der Waals surface area contributed by atoms with Crippen LogP contribution in [0, 0.1) is 13.8 Å². The van der Waals surface area contributed by atoms with Gasteiger partial charge in [-0.1, -0.05) is 11.2 Å². The first kappa shape index (κ1) is 16.3. The second-order valence-corrected chi connectivity index (χ2v) is 7.02. The maximum atomic E-state index is 12.0. The van der Waals surface area contributed by atoms with Crippen LogP contribution in [-0.2, 0) is 16.4 Å². The Morgan fingerprint density at radius 3 is 2.79 bits per heavy atom. The number of sulfonamides is 1. The van der Waals surface area contributed by atoms with E-state index in [1.165, 1.54) is 0 Å². The largest absolute Gasteiger partial charge is 0.363 e. The topological polar surface area (TPSA) is 103 Å². The minimum absolute atomic E-state index is 0.0140. The zero-order valence-corrected chi connectivity index (χ0v) is 14.1. The van der Waals surface area contributed by atoms with Gasteiger partial charge in [0, 0.05) is 18.4 Å². The van der Waals surface area contributed by atoms with E-state index >= 15 is 0 Å². The van der Waals surface area contributed by atoms with Gasteiger partial charge in [0.1, 0.15) is 11.2 Å². The summed E-state index contributed by atoms with van der Waals surface area (Å²) in [6.45, 7) is 4.10.